The van der Waals surface area contributed by atoms with Crippen molar-refractivity contribution in [1.82, 2.24) is 20.5 Å². The molecule has 2 N–H and O–H groups in total. The van der Waals surface area contributed by atoms with Crippen molar-refractivity contribution in [3.05, 3.63) is 28.2 Å². The molecule has 0 spiro atoms. The van der Waals surface area contributed by atoms with Crippen molar-refractivity contribution in [3.8, 4) is 11.4 Å². The van der Waals surface area contributed by atoms with Gasteiger partial charge in [0.05, 0.1) is 0 Å². The van der Waals surface area contributed by atoms with Gasteiger partial charge in [-0.2, -0.15) is 4.98 Å². The molecule has 2 aromatic rings. The summed E-state index contributed by atoms with van der Waals surface area (Å²) in [6.45, 7) is 7.11. The number of H-pyrrole nitrogens is 1. The van der Waals surface area contributed by atoms with Gasteiger partial charge in [0.25, 0.3) is 0 Å². The summed E-state index contributed by atoms with van der Waals surface area (Å²) in [6.07, 6.45) is 0. The fraction of sp³-hybridized carbons (Fsp3) is 0.429. The number of rotatable bonds is 2. The van der Waals surface area contributed by atoms with Gasteiger partial charge >= 0.3 is 0 Å². The zero-order valence-electron chi connectivity index (χ0n) is 11.7. The summed E-state index contributed by atoms with van der Waals surface area (Å²) in [7, 11) is 0. The highest BCUT2D eigenvalue weighted by Crippen LogP contribution is 2.23. The van der Waals surface area contributed by atoms with Crippen LogP contribution in [0.5, 0.6) is 0 Å². The Morgan fingerprint density at radius 3 is 2.95 bits per heavy atom. The molecule has 0 amide bonds. The van der Waals surface area contributed by atoms with Crippen molar-refractivity contribution >= 4 is 21.9 Å². The summed E-state index contributed by atoms with van der Waals surface area (Å²) in [5.74, 6) is 1.60. The van der Waals surface area contributed by atoms with Crippen LogP contribution in [0.4, 0.5) is 5.95 Å². The molecule has 6 heteroatoms. The van der Waals surface area contributed by atoms with Crippen LogP contribution in [0.1, 0.15) is 12.5 Å². The van der Waals surface area contributed by atoms with E-state index in [1.807, 2.05) is 0 Å². The number of aryl methyl sites for hydroxylation is 1. The van der Waals surface area contributed by atoms with Crippen LogP contribution >= 0.6 is 15.9 Å². The number of hydrogen-bond acceptors (Lipinski definition) is 4. The lowest BCUT2D eigenvalue weighted by atomic mass is 10.1. The number of nitrogens with one attached hydrogen (secondary N) is 2. The second kappa shape index (κ2) is 5.54. The molecular formula is C14H18BrN5. The minimum atomic E-state index is 0.471. The predicted octanol–water partition coefficient (Wildman–Crippen LogP) is 2.34. The van der Waals surface area contributed by atoms with Crippen molar-refractivity contribution in [1.29, 1.82) is 0 Å². The van der Waals surface area contributed by atoms with Crippen LogP contribution < -0.4 is 10.2 Å². The molecule has 106 valence electrons. The number of piperazine rings is 1. The van der Waals surface area contributed by atoms with Crippen molar-refractivity contribution in [2.45, 2.75) is 19.9 Å². The van der Waals surface area contributed by atoms with Gasteiger partial charge in [-0.1, -0.05) is 15.9 Å². The molecule has 0 bridgehead atoms. The molecule has 1 fully saturated rings. The topological polar surface area (TPSA) is 56.8 Å². The standard InChI is InChI=1S/C14H18BrN5/c1-9-5-11(7-12(15)6-9)13-17-14(19-18-13)20-4-3-16-10(2)8-20/h5-7,10,16H,3-4,8H2,1-2H3,(H,17,18,19)/t10-/m1/s1. The van der Waals surface area contributed by atoms with E-state index >= 15 is 0 Å². The minimum Gasteiger partial charge on any atom is -0.337 e. The van der Waals surface area contributed by atoms with Crippen LogP contribution in [0.2, 0.25) is 0 Å². The average molecular weight is 336 g/mol. The molecule has 5 nitrogen and oxygen atoms in total. The first-order chi connectivity index (χ1) is 9.61. The van der Waals surface area contributed by atoms with Gasteiger partial charge in [0.15, 0.2) is 5.82 Å². The molecule has 0 radical (unpaired) electrons. The highest BCUT2D eigenvalue weighted by Gasteiger charge is 2.19. The highest BCUT2D eigenvalue weighted by atomic mass is 79.9. The third-order valence-corrected chi connectivity index (χ3v) is 3.90. The summed E-state index contributed by atoms with van der Waals surface area (Å²) in [4.78, 5) is 6.85. The monoisotopic (exact) mass is 335 g/mol. The predicted molar refractivity (Wildman–Crippen MR) is 83.9 cm³/mol. The van der Waals surface area contributed by atoms with E-state index in [0.717, 1.165) is 41.4 Å². The number of anilines is 1. The van der Waals surface area contributed by atoms with Crippen LogP contribution in [0.15, 0.2) is 22.7 Å². The van der Waals surface area contributed by atoms with Crippen LogP contribution in [0.3, 0.4) is 0 Å². The van der Waals surface area contributed by atoms with E-state index in [-0.39, 0.29) is 0 Å². The molecule has 1 saturated heterocycles. The molecule has 1 aliphatic heterocycles. The van der Waals surface area contributed by atoms with Crippen LogP contribution in [-0.4, -0.2) is 40.9 Å². The van der Waals surface area contributed by atoms with E-state index < -0.39 is 0 Å². The molecule has 0 saturated carbocycles. The first-order valence-corrected chi connectivity index (χ1v) is 7.59. The lowest BCUT2D eigenvalue weighted by molar-refractivity contribution is 0.480. The highest BCUT2D eigenvalue weighted by molar-refractivity contribution is 9.10. The average Bonchev–Trinajstić information content (AvgIpc) is 2.87. The number of aromatic amines is 1. The second-order valence-corrected chi connectivity index (χ2v) is 6.22. The van der Waals surface area contributed by atoms with Crippen LogP contribution in [0.25, 0.3) is 11.4 Å². The van der Waals surface area contributed by atoms with Gasteiger partial charge in [0, 0.05) is 35.7 Å². The Kier molecular flexibility index (Phi) is 3.76. The summed E-state index contributed by atoms with van der Waals surface area (Å²) >= 11 is 3.52. The van der Waals surface area contributed by atoms with Gasteiger partial charge in [-0.3, -0.25) is 5.10 Å². The lowest BCUT2D eigenvalue weighted by Gasteiger charge is -2.30. The minimum absolute atomic E-state index is 0.471. The molecule has 1 aliphatic rings. The maximum absolute atomic E-state index is 4.63. The molecule has 0 unspecified atom stereocenters. The number of halogens is 1. The molecule has 1 aromatic carbocycles. The van der Waals surface area contributed by atoms with Gasteiger partial charge in [0.2, 0.25) is 5.95 Å². The number of aromatic nitrogens is 3. The van der Waals surface area contributed by atoms with Gasteiger partial charge in [0.1, 0.15) is 0 Å². The SMILES string of the molecule is Cc1cc(Br)cc(-c2nc(N3CCN[C@H](C)C3)n[nH]2)c1. The van der Waals surface area contributed by atoms with Crippen LogP contribution in [0, 0.1) is 6.92 Å². The summed E-state index contributed by atoms with van der Waals surface area (Å²) in [5, 5.41) is 10.8. The third kappa shape index (κ3) is 2.86. The maximum Gasteiger partial charge on any atom is 0.245 e. The molecule has 1 atom stereocenters. The normalized spacial score (nSPS) is 19.4. The summed E-state index contributed by atoms with van der Waals surface area (Å²) < 4.78 is 1.06. The quantitative estimate of drug-likeness (QED) is 0.884. The fourth-order valence-corrected chi connectivity index (χ4v) is 3.12. The zero-order valence-corrected chi connectivity index (χ0v) is 13.2. The van der Waals surface area contributed by atoms with Gasteiger partial charge in [-0.15, -0.1) is 5.10 Å². The second-order valence-electron chi connectivity index (χ2n) is 5.30. The molecule has 0 aliphatic carbocycles. The Bertz CT molecular complexity index is 589. The smallest absolute Gasteiger partial charge is 0.245 e. The first kappa shape index (κ1) is 13.6. The van der Waals surface area contributed by atoms with Gasteiger partial charge < -0.3 is 10.2 Å². The summed E-state index contributed by atoms with van der Waals surface area (Å²) in [5.41, 5.74) is 2.25. The van der Waals surface area contributed by atoms with Crippen LogP contribution in [-0.2, 0) is 0 Å². The maximum atomic E-state index is 4.63. The zero-order chi connectivity index (χ0) is 14.1. The fourth-order valence-electron chi connectivity index (χ4n) is 2.51. The van der Waals surface area contributed by atoms with E-state index in [9.17, 15) is 0 Å². The van der Waals surface area contributed by atoms with E-state index in [1.54, 1.807) is 0 Å². The number of hydrogen-bond donors (Lipinski definition) is 2. The van der Waals surface area contributed by atoms with E-state index in [1.165, 1.54) is 5.56 Å². The number of benzene rings is 1. The first-order valence-electron chi connectivity index (χ1n) is 6.80. The Morgan fingerprint density at radius 1 is 1.35 bits per heavy atom. The Hall–Kier alpha value is -1.40. The summed E-state index contributed by atoms with van der Waals surface area (Å²) in [6, 6.07) is 6.71. The van der Waals surface area contributed by atoms with Crippen molar-refractivity contribution < 1.29 is 0 Å². The van der Waals surface area contributed by atoms with Gasteiger partial charge in [-0.05, 0) is 37.6 Å². The molecule has 20 heavy (non-hydrogen) atoms. The molecule has 3 rings (SSSR count). The van der Waals surface area contributed by atoms with Gasteiger partial charge in [-0.25, -0.2) is 0 Å². The Balaban J connectivity index is 1.86. The van der Waals surface area contributed by atoms with Crippen molar-refractivity contribution in [2.75, 3.05) is 24.5 Å². The van der Waals surface area contributed by atoms with Crippen molar-refractivity contribution in [2.24, 2.45) is 0 Å². The Labute approximate surface area is 126 Å². The van der Waals surface area contributed by atoms with E-state index in [4.69, 9.17) is 0 Å². The van der Waals surface area contributed by atoms with E-state index in [2.05, 4.69) is 73.4 Å². The van der Waals surface area contributed by atoms with Crippen molar-refractivity contribution in [3.63, 3.8) is 0 Å². The largest absolute Gasteiger partial charge is 0.337 e. The molecule has 2 heterocycles. The molecular weight excluding hydrogens is 318 g/mol. The number of nitrogens with zero attached hydrogens (tertiary/aromatic N) is 3. The lowest BCUT2D eigenvalue weighted by Crippen LogP contribution is -2.49. The third-order valence-electron chi connectivity index (χ3n) is 3.44. The molecule has 1 aromatic heterocycles. The Morgan fingerprint density at radius 2 is 2.20 bits per heavy atom. The van der Waals surface area contributed by atoms with E-state index in [0.29, 0.717) is 6.04 Å².